The summed E-state index contributed by atoms with van der Waals surface area (Å²) in [5, 5.41) is 15.1. The number of carbonyl (C=O) groups is 1. The minimum absolute atomic E-state index is 0.350. The predicted molar refractivity (Wildman–Crippen MR) is 96.4 cm³/mol. The molecule has 0 bridgehead atoms. The van der Waals surface area contributed by atoms with E-state index in [0.29, 0.717) is 17.1 Å². The van der Waals surface area contributed by atoms with Crippen LogP contribution in [-0.2, 0) is 11.3 Å². The Morgan fingerprint density at radius 3 is 2.72 bits per heavy atom. The lowest BCUT2D eigenvalue weighted by atomic mass is 10.1. The van der Waals surface area contributed by atoms with Gasteiger partial charge in [-0.2, -0.15) is 5.10 Å². The zero-order valence-corrected chi connectivity index (χ0v) is 14.5. The van der Waals surface area contributed by atoms with E-state index in [1.54, 1.807) is 42.2 Å². The molecule has 3 rings (SSSR count). The lowest BCUT2D eigenvalue weighted by molar-refractivity contribution is -0.139. The molecule has 5 nitrogen and oxygen atoms in total. The summed E-state index contributed by atoms with van der Waals surface area (Å²) in [7, 11) is 1.65. The molecule has 0 saturated heterocycles. The number of carbonyl (C=O) groups excluding carboxylic acids is 1. The third-order valence-electron chi connectivity index (χ3n) is 3.85. The maximum absolute atomic E-state index is 12.4. The summed E-state index contributed by atoms with van der Waals surface area (Å²) >= 11 is 5.92. The quantitative estimate of drug-likeness (QED) is 0.764. The number of aliphatic hydroxyl groups is 1. The number of hydrogen-bond donors (Lipinski definition) is 1. The van der Waals surface area contributed by atoms with Crippen molar-refractivity contribution in [2.24, 2.45) is 0 Å². The second kappa shape index (κ2) is 7.51. The Kier molecular flexibility index (Phi) is 5.16. The minimum Gasteiger partial charge on any atom is -0.378 e. The fourth-order valence-corrected chi connectivity index (χ4v) is 2.74. The number of aromatic nitrogens is 2. The summed E-state index contributed by atoms with van der Waals surface area (Å²) in [5.41, 5.74) is 2.30. The van der Waals surface area contributed by atoms with E-state index in [2.05, 4.69) is 5.10 Å². The van der Waals surface area contributed by atoms with Crippen molar-refractivity contribution in [1.29, 1.82) is 0 Å². The Labute approximate surface area is 151 Å². The van der Waals surface area contributed by atoms with Crippen LogP contribution >= 0.6 is 11.6 Å². The monoisotopic (exact) mass is 355 g/mol. The Morgan fingerprint density at radius 1 is 1.24 bits per heavy atom. The van der Waals surface area contributed by atoms with Crippen molar-refractivity contribution in [3.8, 4) is 5.69 Å². The fourth-order valence-electron chi connectivity index (χ4n) is 2.54. The van der Waals surface area contributed by atoms with Crippen LogP contribution in [0, 0.1) is 0 Å². The molecule has 0 aliphatic rings. The fraction of sp³-hybridized carbons (Fsp3) is 0.158. The molecule has 1 amide bonds. The molecule has 0 saturated carbocycles. The normalized spacial score (nSPS) is 12.0. The van der Waals surface area contributed by atoms with Gasteiger partial charge >= 0.3 is 0 Å². The summed E-state index contributed by atoms with van der Waals surface area (Å²) in [6.45, 7) is 0.350. The zero-order chi connectivity index (χ0) is 17.8. The van der Waals surface area contributed by atoms with Crippen molar-refractivity contribution < 1.29 is 9.90 Å². The zero-order valence-electron chi connectivity index (χ0n) is 13.7. The van der Waals surface area contributed by atoms with Crippen LogP contribution in [0.3, 0.4) is 0 Å². The maximum atomic E-state index is 12.4. The summed E-state index contributed by atoms with van der Waals surface area (Å²) < 4.78 is 1.75. The molecular formula is C19H18ClN3O2. The van der Waals surface area contributed by atoms with Crippen LogP contribution in [0.1, 0.15) is 17.2 Å². The van der Waals surface area contributed by atoms with E-state index in [1.165, 1.54) is 4.90 Å². The van der Waals surface area contributed by atoms with Crippen LogP contribution in [0.15, 0.2) is 67.0 Å². The first kappa shape index (κ1) is 17.2. The number of para-hydroxylation sites is 1. The van der Waals surface area contributed by atoms with Gasteiger partial charge in [-0.15, -0.1) is 0 Å². The third kappa shape index (κ3) is 4.07. The van der Waals surface area contributed by atoms with Gasteiger partial charge in [-0.3, -0.25) is 4.79 Å². The molecule has 2 aromatic carbocycles. The number of aliphatic hydroxyl groups excluding tert-OH is 1. The first-order valence-corrected chi connectivity index (χ1v) is 8.20. The van der Waals surface area contributed by atoms with E-state index in [0.717, 1.165) is 11.3 Å². The molecule has 6 heteroatoms. The van der Waals surface area contributed by atoms with Gasteiger partial charge in [0.05, 0.1) is 11.9 Å². The van der Waals surface area contributed by atoms with Gasteiger partial charge in [-0.1, -0.05) is 41.9 Å². The van der Waals surface area contributed by atoms with Crippen LogP contribution < -0.4 is 0 Å². The van der Waals surface area contributed by atoms with Crippen LogP contribution in [0.25, 0.3) is 5.69 Å². The molecule has 0 radical (unpaired) electrons. The molecule has 128 valence electrons. The first-order valence-electron chi connectivity index (χ1n) is 7.82. The number of rotatable bonds is 5. The highest BCUT2D eigenvalue weighted by atomic mass is 35.5. The lowest BCUT2D eigenvalue weighted by Gasteiger charge is -2.20. The first-order chi connectivity index (χ1) is 12.0. The van der Waals surface area contributed by atoms with E-state index in [1.807, 2.05) is 36.5 Å². The molecule has 1 atom stereocenters. The van der Waals surface area contributed by atoms with Crippen molar-refractivity contribution in [3.05, 3.63) is 83.1 Å². The number of halogens is 1. The standard InChI is InChI=1S/C19H18ClN3O2/c1-22(19(25)18(24)15-6-5-7-16(20)10-15)12-14-11-21-23(13-14)17-8-3-2-4-9-17/h2-11,13,18,24H,12H2,1H3. The minimum atomic E-state index is -1.24. The number of amides is 1. The Bertz CT molecular complexity index is 864. The summed E-state index contributed by atoms with van der Waals surface area (Å²) in [5.74, 6) is -0.394. The van der Waals surface area contributed by atoms with Crippen LogP contribution in [-0.4, -0.2) is 32.7 Å². The Hall–Kier alpha value is -2.63. The molecule has 0 aliphatic heterocycles. The number of likely N-dealkylation sites (N-methyl/N-ethyl adjacent to an activating group) is 1. The number of benzene rings is 2. The second-order valence-electron chi connectivity index (χ2n) is 5.78. The third-order valence-corrected chi connectivity index (χ3v) is 4.09. The number of hydrogen-bond acceptors (Lipinski definition) is 3. The smallest absolute Gasteiger partial charge is 0.256 e. The van der Waals surface area contributed by atoms with Crippen molar-refractivity contribution in [3.63, 3.8) is 0 Å². The highest BCUT2D eigenvalue weighted by molar-refractivity contribution is 6.30. The van der Waals surface area contributed by atoms with Gasteiger partial charge in [0.1, 0.15) is 0 Å². The maximum Gasteiger partial charge on any atom is 0.256 e. The summed E-state index contributed by atoms with van der Waals surface area (Å²) in [6.07, 6.45) is 2.33. The molecule has 1 N–H and O–H groups in total. The van der Waals surface area contributed by atoms with Gasteiger partial charge < -0.3 is 10.0 Å². The molecule has 3 aromatic rings. The lowest BCUT2D eigenvalue weighted by Crippen LogP contribution is -2.31. The van der Waals surface area contributed by atoms with E-state index in [4.69, 9.17) is 11.6 Å². The van der Waals surface area contributed by atoms with Gasteiger partial charge in [-0.05, 0) is 29.8 Å². The van der Waals surface area contributed by atoms with Crippen molar-refractivity contribution in [1.82, 2.24) is 14.7 Å². The van der Waals surface area contributed by atoms with Crippen molar-refractivity contribution in [2.75, 3.05) is 7.05 Å². The summed E-state index contributed by atoms with van der Waals surface area (Å²) in [4.78, 5) is 13.9. The van der Waals surface area contributed by atoms with Crippen molar-refractivity contribution >= 4 is 17.5 Å². The van der Waals surface area contributed by atoms with E-state index in [9.17, 15) is 9.90 Å². The van der Waals surface area contributed by atoms with E-state index >= 15 is 0 Å². The van der Waals surface area contributed by atoms with Gasteiger partial charge in [0.15, 0.2) is 6.10 Å². The second-order valence-corrected chi connectivity index (χ2v) is 6.22. The number of nitrogens with zero attached hydrogens (tertiary/aromatic N) is 3. The largest absolute Gasteiger partial charge is 0.378 e. The van der Waals surface area contributed by atoms with Gasteiger partial charge in [-0.25, -0.2) is 4.68 Å². The molecular weight excluding hydrogens is 338 g/mol. The van der Waals surface area contributed by atoms with Gasteiger partial charge in [0, 0.05) is 30.4 Å². The van der Waals surface area contributed by atoms with Crippen LogP contribution in [0.2, 0.25) is 5.02 Å². The highest BCUT2D eigenvalue weighted by Gasteiger charge is 2.22. The Balaban J connectivity index is 1.68. The molecule has 25 heavy (non-hydrogen) atoms. The average molecular weight is 356 g/mol. The molecule has 0 fully saturated rings. The SMILES string of the molecule is CN(Cc1cnn(-c2ccccc2)c1)C(=O)C(O)c1cccc(Cl)c1. The van der Waals surface area contributed by atoms with E-state index in [-0.39, 0.29) is 0 Å². The van der Waals surface area contributed by atoms with E-state index < -0.39 is 12.0 Å². The average Bonchev–Trinajstić information content (AvgIpc) is 3.09. The van der Waals surface area contributed by atoms with Crippen molar-refractivity contribution in [2.45, 2.75) is 12.6 Å². The van der Waals surface area contributed by atoms with Crippen LogP contribution in [0.5, 0.6) is 0 Å². The molecule has 0 spiro atoms. The Morgan fingerprint density at radius 2 is 2.00 bits per heavy atom. The van der Waals surface area contributed by atoms with Gasteiger partial charge in [0.2, 0.25) is 0 Å². The molecule has 0 aliphatic carbocycles. The van der Waals surface area contributed by atoms with Crippen LogP contribution in [0.4, 0.5) is 0 Å². The topological polar surface area (TPSA) is 58.4 Å². The molecule has 1 unspecified atom stereocenters. The highest BCUT2D eigenvalue weighted by Crippen LogP contribution is 2.20. The predicted octanol–water partition coefficient (Wildman–Crippen LogP) is 3.22. The van der Waals surface area contributed by atoms with Gasteiger partial charge in [0.25, 0.3) is 5.91 Å². The molecule has 1 heterocycles. The summed E-state index contributed by atoms with van der Waals surface area (Å²) in [6, 6.07) is 16.4. The molecule has 1 aromatic heterocycles.